The lowest BCUT2D eigenvalue weighted by Crippen LogP contribution is -2.49. The Morgan fingerprint density at radius 3 is 2.95 bits per heavy atom. The fourth-order valence-electron chi connectivity index (χ4n) is 2.62. The predicted octanol–water partition coefficient (Wildman–Crippen LogP) is 1.44. The number of hydrogen-bond donors (Lipinski definition) is 1. The van der Waals surface area contributed by atoms with Crippen molar-refractivity contribution >= 4 is 16.9 Å². The quantitative estimate of drug-likeness (QED) is 0.851. The summed E-state index contributed by atoms with van der Waals surface area (Å²) >= 11 is 0. The van der Waals surface area contributed by atoms with Crippen LogP contribution in [0.25, 0.3) is 11.0 Å². The van der Waals surface area contributed by atoms with Crippen molar-refractivity contribution in [3.63, 3.8) is 0 Å². The van der Waals surface area contributed by atoms with Gasteiger partial charge in [0.05, 0.1) is 11.1 Å². The van der Waals surface area contributed by atoms with Crippen molar-refractivity contribution in [2.45, 2.75) is 19.4 Å². The number of rotatable bonds is 1. The Hall–Kier alpha value is -2.01. The summed E-state index contributed by atoms with van der Waals surface area (Å²) in [5.74, 6) is 0.463. The molecule has 1 aliphatic heterocycles. The molecule has 2 heterocycles. The number of nitrogens with two attached hydrogens (primary N) is 1. The summed E-state index contributed by atoms with van der Waals surface area (Å²) in [5, 5.41) is 0. The molecule has 1 amide bonds. The number of aromatic nitrogens is 2. The van der Waals surface area contributed by atoms with Gasteiger partial charge in [-0.1, -0.05) is 13.0 Å². The Labute approximate surface area is 117 Å². The fourth-order valence-corrected chi connectivity index (χ4v) is 2.62. The number of amides is 1. The van der Waals surface area contributed by atoms with Crippen LogP contribution in [0.3, 0.4) is 0 Å². The number of nitrogens with zero attached hydrogens (tertiary/aromatic N) is 3. The number of likely N-dealkylation sites (tertiary alicyclic amines) is 1. The molecule has 1 fully saturated rings. The standard InChI is InChI=1S/C15H18N4O/c1-10-5-8-19(9-12(10)16)15(20)11-3-2-4-13-14(11)18-7-6-17-13/h2-4,6-7,10,12H,5,8-9,16H2,1H3. The van der Waals surface area contributed by atoms with Gasteiger partial charge in [0.25, 0.3) is 5.91 Å². The summed E-state index contributed by atoms with van der Waals surface area (Å²) in [6.07, 6.45) is 4.20. The molecule has 0 spiro atoms. The molecule has 0 saturated carbocycles. The van der Waals surface area contributed by atoms with Gasteiger partial charge in [-0.2, -0.15) is 0 Å². The first-order valence-electron chi connectivity index (χ1n) is 6.91. The number of piperidine rings is 1. The molecule has 5 nitrogen and oxygen atoms in total. The van der Waals surface area contributed by atoms with Gasteiger partial charge in [0.2, 0.25) is 0 Å². The largest absolute Gasteiger partial charge is 0.337 e. The number of carbonyl (C=O) groups excluding carboxylic acids is 1. The zero-order valence-corrected chi connectivity index (χ0v) is 11.5. The van der Waals surface area contributed by atoms with E-state index in [-0.39, 0.29) is 11.9 Å². The van der Waals surface area contributed by atoms with E-state index >= 15 is 0 Å². The molecule has 0 radical (unpaired) electrons. The van der Waals surface area contributed by atoms with Crippen LogP contribution in [0.15, 0.2) is 30.6 Å². The molecule has 20 heavy (non-hydrogen) atoms. The number of carbonyl (C=O) groups is 1. The zero-order chi connectivity index (χ0) is 14.1. The van der Waals surface area contributed by atoms with Crippen molar-refractivity contribution in [1.82, 2.24) is 14.9 Å². The maximum absolute atomic E-state index is 12.7. The van der Waals surface area contributed by atoms with E-state index in [0.717, 1.165) is 18.5 Å². The van der Waals surface area contributed by atoms with E-state index < -0.39 is 0 Å². The molecule has 3 rings (SSSR count). The highest BCUT2D eigenvalue weighted by Crippen LogP contribution is 2.20. The first-order chi connectivity index (χ1) is 9.66. The first kappa shape index (κ1) is 13.0. The molecule has 2 unspecified atom stereocenters. The topological polar surface area (TPSA) is 72.1 Å². The normalized spacial score (nSPS) is 23.0. The molecule has 5 heteroatoms. The van der Waals surface area contributed by atoms with Crippen LogP contribution in [0.2, 0.25) is 0 Å². The molecule has 2 N–H and O–H groups in total. The van der Waals surface area contributed by atoms with E-state index in [4.69, 9.17) is 5.73 Å². The molecule has 2 atom stereocenters. The second-order valence-corrected chi connectivity index (χ2v) is 5.41. The van der Waals surface area contributed by atoms with Gasteiger partial charge in [-0.3, -0.25) is 14.8 Å². The molecule has 2 aromatic rings. The number of para-hydroxylation sites is 1. The minimum absolute atomic E-state index is 0.00144. The van der Waals surface area contributed by atoms with Crippen molar-refractivity contribution in [3.8, 4) is 0 Å². The molecule has 1 aromatic carbocycles. The Morgan fingerprint density at radius 1 is 1.35 bits per heavy atom. The Bertz CT molecular complexity index is 637. The molecule has 0 aliphatic carbocycles. The number of hydrogen-bond acceptors (Lipinski definition) is 4. The van der Waals surface area contributed by atoms with Gasteiger partial charge in [0.1, 0.15) is 5.52 Å². The highest BCUT2D eigenvalue weighted by molar-refractivity contribution is 6.04. The molecule has 0 bridgehead atoms. The summed E-state index contributed by atoms with van der Waals surface area (Å²) in [6, 6.07) is 5.57. The van der Waals surface area contributed by atoms with Gasteiger partial charge in [-0.15, -0.1) is 0 Å². The highest BCUT2D eigenvalue weighted by atomic mass is 16.2. The van der Waals surface area contributed by atoms with E-state index in [9.17, 15) is 4.79 Å². The predicted molar refractivity (Wildman–Crippen MR) is 77.2 cm³/mol. The summed E-state index contributed by atoms with van der Waals surface area (Å²) in [5.41, 5.74) is 8.09. The van der Waals surface area contributed by atoms with Crippen LogP contribution in [-0.4, -0.2) is 39.9 Å². The molecule has 1 aromatic heterocycles. The van der Waals surface area contributed by atoms with Crippen LogP contribution < -0.4 is 5.73 Å². The van der Waals surface area contributed by atoms with Gasteiger partial charge in [0.15, 0.2) is 0 Å². The molecule has 104 valence electrons. The second-order valence-electron chi connectivity index (χ2n) is 5.41. The molecular weight excluding hydrogens is 252 g/mol. The third-order valence-electron chi connectivity index (χ3n) is 4.03. The van der Waals surface area contributed by atoms with E-state index in [0.29, 0.717) is 23.5 Å². The van der Waals surface area contributed by atoms with E-state index in [1.54, 1.807) is 12.4 Å². The third-order valence-corrected chi connectivity index (χ3v) is 4.03. The lowest BCUT2D eigenvalue weighted by molar-refractivity contribution is 0.0674. The van der Waals surface area contributed by atoms with Gasteiger partial charge < -0.3 is 10.6 Å². The SMILES string of the molecule is CC1CCN(C(=O)c2cccc3nccnc23)CC1N. The third kappa shape index (κ3) is 2.25. The lowest BCUT2D eigenvalue weighted by atomic mass is 9.94. The number of fused-ring (bicyclic) bond motifs is 1. The van der Waals surface area contributed by atoms with Crippen LogP contribution in [0, 0.1) is 5.92 Å². The molecule has 1 saturated heterocycles. The summed E-state index contributed by atoms with van der Waals surface area (Å²) in [6.45, 7) is 3.50. The molecule has 1 aliphatic rings. The van der Waals surface area contributed by atoms with Crippen LogP contribution >= 0.6 is 0 Å². The van der Waals surface area contributed by atoms with Crippen molar-refractivity contribution in [2.24, 2.45) is 11.7 Å². The van der Waals surface area contributed by atoms with Crippen molar-refractivity contribution in [3.05, 3.63) is 36.2 Å². The zero-order valence-electron chi connectivity index (χ0n) is 11.5. The van der Waals surface area contributed by atoms with Gasteiger partial charge >= 0.3 is 0 Å². The van der Waals surface area contributed by atoms with E-state index in [1.165, 1.54) is 0 Å². The summed E-state index contributed by atoms with van der Waals surface area (Å²) in [4.78, 5) is 23.0. The lowest BCUT2D eigenvalue weighted by Gasteiger charge is -2.35. The molecular formula is C15H18N4O. The maximum Gasteiger partial charge on any atom is 0.256 e. The average Bonchev–Trinajstić information content (AvgIpc) is 2.49. The highest BCUT2D eigenvalue weighted by Gasteiger charge is 2.27. The fraction of sp³-hybridized carbons (Fsp3) is 0.400. The van der Waals surface area contributed by atoms with Crippen molar-refractivity contribution in [2.75, 3.05) is 13.1 Å². The summed E-state index contributed by atoms with van der Waals surface area (Å²) in [7, 11) is 0. The van der Waals surface area contributed by atoms with Gasteiger partial charge in [-0.25, -0.2) is 0 Å². The van der Waals surface area contributed by atoms with Gasteiger partial charge in [-0.05, 0) is 24.5 Å². The monoisotopic (exact) mass is 270 g/mol. The van der Waals surface area contributed by atoms with Crippen LogP contribution in [0.5, 0.6) is 0 Å². The Kier molecular flexibility index (Phi) is 3.36. The average molecular weight is 270 g/mol. The van der Waals surface area contributed by atoms with Crippen molar-refractivity contribution < 1.29 is 4.79 Å². The van der Waals surface area contributed by atoms with Crippen LogP contribution in [0.1, 0.15) is 23.7 Å². The second kappa shape index (κ2) is 5.17. The first-order valence-corrected chi connectivity index (χ1v) is 6.91. The number of benzene rings is 1. The van der Waals surface area contributed by atoms with Crippen LogP contribution in [-0.2, 0) is 0 Å². The van der Waals surface area contributed by atoms with Crippen molar-refractivity contribution in [1.29, 1.82) is 0 Å². The van der Waals surface area contributed by atoms with E-state index in [2.05, 4.69) is 16.9 Å². The minimum atomic E-state index is -0.00144. The van der Waals surface area contributed by atoms with E-state index in [1.807, 2.05) is 23.1 Å². The smallest absolute Gasteiger partial charge is 0.256 e. The maximum atomic E-state index is 12.7. The van der Waals surface area contributed by atoms with Crippen LogP contribution in [0.4, 0.5) is 0 Å². The summed E-state index contributed by atoms with van der Waals surface area (Å²) < 4.78 is 0. The Balaban J connectivity index is 1.93. The minimum Gasteiger partial charge on any atom is -0.337 e. The Morgan fingerprint density at radius 2 is 2.15 bits per heavy atom. The van der Waals surface area contributed by atoms with Gasteiger partial charge in [0, 0.05) is 31.5 Å².